The second-order valence-electron chi connectivity index (χ2n) is 7.08. The van der Waals surface area contributed by atoms with E-state index in [9.17, 15) is 4.79 Å². The Bertz CT molecular complexity index is 346. The Hall–Kier alpha value is -0.610. The molecule has 0 aromatic rings. The van der Waals surface area contributed by atoms with Crippen LogP contribution in [0.15, 0.2) is 0 Å². The summed E-state index contributed by atoms with van der Waals surface area (Å²) < 4.78 is 0. The first-order chi connectivity index (χ1) is 9.73. The monoisotopic (exact) mass is 279 g/mol. The molecule has 1 saturated heterocycles. The fraction of sp³-hybridized carbons (Fsp3) is 0.938. The van der Waals surface area contributed by atoms with Crippen molar-refractivity contribution in [3.63, 3.8) is 0 Å². The molecule has 3 aliphatic rings. The number of nitrogens with one attached hydrogen (secondary N) is 1. The Kier molecular flexibility index (Phi) is 4.32. The second-order valence-corrected chi connectivity index (χ2v) is 7.08. The van der Waals surface area contributed by atoms with Gasteiger partial charge in [0.1, 0.15) is 0 Å². The second kappa shape index (κ2) is 6.02. The van der Waals surface area contributed by atoms with Crippen LogP contribution in [0.3, 0.4) is 0 Å². The Morgan fingerprint density at radius 2 is 1.85 bits per heavy atom. The van der Waals surface area contributed by atoms with Crippen LogP contribution >= 0.6 is 0 Å². The average molecular weight is 279 g/mol. The van der Waals surface area contributed by atoms with E-state index in [0.717, 1.165) is 51.2 Å². The normalized spacial score (nSPS) is 30.9. The zero-order valence-corrected chi connectivity index (χ0v) is 12.6. The molecule has 4 nitrogen and oxygen atoms in total. The topological polar surface area (TPSA) is 58.4 Å². The molecule has 1 atom stereocenters. The molecule has 0 aromatic carbocycles. The van der Waals surface area contributed by atoms with E-state index < -0.39 is 0 Å². The molecule has 0 bridgehead atoms. The summed E-state index contributed by atoms with van der Waals surface area (Å²) in [5.41, 5.74) is 5.72. The minimum atomic E-state index is -0.274. The third-order valence-corrected chi connectivity index (χ3v) is 5.55. The van der Waals surface area contributed by atoms with E-state index in [1.54, 1.807) is 0 Å². The summed E-state index contributed by atoms with van der Waals surface area (Å²) in [4.78, 5) is 15.3. The van der Waals surface area contributed by atoms with Gasteiger partial charge in [-0.05, 0) is 32.1 Å². The van der Waals surface area contributed by atoms with Gasteiger partial charge in [0.2, 0.25) is 5.91 Å². The lowest BCUT2D eigenvalue weighted by Gasteiger charge is -2.31. The van der Waals surface area contributed by atoms with Crippen LogP contribution in [-0.2, 0) is 4.79 Å². The first-order valence-corrected chi connectivity index (χ1v) is 8.49. The maximum Gasteiger partial charge on any atom is 0.227 e. The average Bonchev–Trinajstić information content (AvgIpc) is 3.25. The Morgan fingerprint density at radius 1 is 1.15 bits per heavy atom. The van der Waals surface area contributed by atoms with Crippen LogP contribution in [0.25, 0.3) is 0 Å². The Labute approximate surface area is 122 Å². The third kappa shape index (κ3) is 3.01. The number of amides is 1. The molecule has 0 spiro atoms. The first-order valence-electron chi connectivity index (χ1n) is 8.49. The molecule has 1 aliphatic heterocycles. The van der Waals surface area contributed by atoms with Gasteiger partial charge in [0.25, 0.3) is 0 Å². The van der Waals surface area contributed by atoms with Crippen LogP contribution in [0.2, 0.25) is 0 Å². The molecule has 2 saturated carbocycles. The van der Waals surface area contributed by atoms with E-state index in [0.29, 0.717) is 12.6 Å². The molecule has 1 unspecified atom stereocenters. The molecule has 0 radical (unpaired) electrons. The van der Waals surface area contributed by atoms with Crippen molar-refractivity contribution >= 4 is 5.91 Å². The number of nitrogens with two attached hydrogens (primary N) is 1. The van der Waals surface area contributed by atoms with Crippen molar-refractivity contribution in [3.05, 3.63) is 0 Å². The van der Waals surface area contributed by atoms with Crippen molar-refractivity contribution < 1.29 is 4.79 Å². The van der Waals surface area contributed by atoms with E-state index in [1.807, 2.05) is 0 Å². The number of nitrogens with zero attached hydrogens (tertiary/aromatic N) is 1. The highest BCUT2D eigenvalue weighted by Gasteiger charge is 2.40. The summed E-state index contributed by atoms with van der Waals surface area (Å²) in [6, 6.07) is 1.17. The molecule has 3 fully saturated rings. The fourth-order valence-electron chi connectivity index (χ4n) is 3.94. The highest BCUT2D eigenvalue weighted by atomic mass is 16.2. The van der Waals surface area contributed by atoms with Gasteiger partial charge >= 0.3 is 0 Å². The number of rotatable bonds is 4. The van der Waals surface area contributed by atoms with Crippen molar-refractivity contribution in [1.29, 1.82) is 0 Å². The van der Waals surface area contributed by atoms with Gasteiger partial charge in [-0.2, -0.15) is 0 Å². The SMILES string of the molecule is NCC1(C(=O)NC2CCN(C3CC3)C2)CCCCCC1. The minimum Gasteiger partial charge on any atom is -0.352 e. The summed E-state index contributed by atoms with van der Waals surface area (Å²) >= 11 is 0. The zero-order chi connectivity index (χ0) is 14.0. The van der Waals surface area contributed by atoms with Crippen molar-refractivity contribution in [2.45, 2.75) is 69.9 Å². The van der Waals surface area contributed by atoms with Crippen molar-refractivity contribution in [3.8, 4) is 0 Å². The van der Waals surface area contributed by atoms with E-state index in [-0.39, 0.29) is 11.3 Å². The van der Waals surface area contributed by atoms with Gasteiger partial charge in [-0.3, -0.25) is 9.69 Å². The van der Waals surface area contributed by atoms with E-state index in [2.05, 4.69) is 10.2 Å². The van der Waals surface area contributed by atoms with Crippen molar-refractivity contribution in [2.75, 3.05) is 19.6 Å². The molecule has 1 amide bonds. The van der Waals surface area contributed by atoms with Crippen LogP contribution < -0.4 is 11.1 Å². The largest absolute Gasteiger partial charge is 0.352 e. The predicted octanol–water partition coefficient (Wildman–Crippen LogP) is 1.64. The summed E-state index contributed by atoms with van der Waals surface area (Å²) in [6.45, 7) is 2.72. The minimum absolute atomic E-state index is 0.240. The van der Waals surface area contributed by atoms with Crippen LogP contribution in [0.1, 0.15) is 57.8 Å². The van der Waals surface area contributed by atoms with E-state index in [1.165, 1.54) is 25.7 Å². The lowest BCUT2D eigenvalue weighted by Crippen LogP contribution is -2.49. The summed E-state index contributed by atoms with van der Waals surface area (Å²) in [6.07, 6.45) is 10.6. The van der Waals surface area contributed by atoms with Gasteiger partial charge < -0.3 is 11.1 Å². The highest BCUT2D eigenvalue weighted by molar-refractivity contribution is 5.83. The third-order valence-electron chi connectivity index (χ3n) is 5.55. The molecule has 2 aliphatic carbocycles. The van der Waals surface area contributed by atoms with Gasteiger partial charge in [-0.25, -0.2) is 0 Å². The van der Waals surface area contributed by atoms with E-state index >= 15 is 0 Å². The molecule has 0 aromatic heterocycles. The van der Waals surface area contributed by atoms with Gasteiger partial charge in [0.05, 0.1) is 5.41 Å². The molecule has 3 rings (SSSR count). The maximum absolute atomic E-state index is 12.7. The quantitative estimate of drug-likeness (QED) is 0.769. The number of hydrogen-bond donors (Lipinski definition) is 2. The summed E-state index contributed by atoms with van der Waals surface area (Å²) in [5.74, 6) is 0.240. The molecular weight excluding hydrogens is 250 g/mol. The molecule has 3 N–H and O–H groups in total. The smallest absolute Gasteiger partial charge is 0.227 e. The Morgan fingerprint density at radius 3 is 2.45 bits per heavy atom. The number of carbonyl (C=O) groups is 1. The molecule has 4 heteroatoms. The predicted molar refractivity (Wildman–Crippen MR) is 80.3 cm³/mol. The summed E-state index contributed by atoms with van der Waals surface area (Å²) in [7, 11) is 0. The molecular formula is C16H29N3O. The molecule has 20 heavy (non-hydrogen) atoms. The summed E-state index contributed by atoms with van der Waals surface area (Å²) in [5, 5.41) is 3.32. The van der Waals surface area contributed by atoms with Crippen LogP contribution in [-0.4, -0.2) is 42.5 Å². The number of likely N-dealkylation sites (tertiary alicyclic amines) is 1. The van der Waals surface area contributed by atoms with Crippen LogP contribution in [0, 0.1) is 5.41 Å². The van der Waals surface area contributed by atoms with Gasteiger partial charge in [0.15, 0.2) is 0 Å². The van der Waals surface area contributed by atoms with Gasteiger partial charge in [0, 0.05) is 31.7 Å². The number of carbonyl (C=O) groups excluding carboxylic acids is 1. The zero-order valence-electron chi connectivity index (χ0n) is 12.6. The molecule has 114 valence electrons. The Balaban J connectivity index is 1.56. The lowest BCUT2D eigenvalue weighted by molar-refractivity contribution is -0.132. The lowest BCUT2D eigenvalue weighted by atomic mass is 9.79. The first kappa shape index (κ1) is 14.3. The van der Waals surface area contributed by atoms with Crippen molar-refractivity contribution in [1.82, 2.24) is 10.2 Å². The molecule has 1 heterocycles. The van der Waals surface area contributed by atoms with Gasteiger partial charge in [-0.1, -0.05) is 25.7 Å². The number of hydrogen-bond acceptors (Lipinski definition) is 3. The highest BCUT2D eigenvalue weighted by Crippen LogP contribution is 2.35. The van der Waals surface area contributed by atoms with E-state index in [4.69, 9.17) is 5.73 Å². The van der Waals surface area contributed by atoms with Crippen LogP contribution in [0.5, 0.6) is 0 Å². The maximum atomic E-state index is 12.7. The van der Waals surface area contributed by atoms with Crippen molar-refractivity contribution in [2.24, 2.45) is 11.1 Å². The van der Waals surface area contributed by atoms with Crippen LogP contribution in [0.4, 0.5) is 0 Å². The fourth-order valence-corrected chi connectivity index (χ4v) is 3.94. The van der Waals surface area contributed by atoms with Gasteiger partial charge in [-0.15, -0.1) is 0 Å². The standard InChI is InChI=1S/C16H29N3O/c17-12-16(8-3-1-2-4-9-16)15(20)18-13-7-10-19(11-13)14-5-6-14/h13-14H,1-12,17H2,(H,18,20).